The molecule has 0 unspecified atom stereocenters. The summed E-state index contributed by atoms with van der Waals surface area (Å²) in [5.41, 5.74) is 2.19. The van der Waals surface area contributed by atoms with Crippen LogP contribution in [0.3, 0.4) is 0 Å². The smallest absolute Gasteiger partial charge is 0.319 e. The summed E-state index contributed by atoms with van der Waals surface area (Å²) in [6.45, 7) is 4.16. The summed E-state index contributed by atoms with van der Waals surface area (Å²) in [6, 6.07) is 8.34. The Hall–Kier alpha value is -1.55. The van der Waals surface area contributed by atoms with Gasteiger partial charge in [-0.15, -0.1) is 0 Å². The minimum absolute atomic E-state index is 0.0989. The van der Waals surface area contributed by atoms with Gasteiger partial charge in [0.15, 0.2) is 0 Å². The van der Waals surface area contributed by atoms with E-state index in [4.69, 9.17) is 0 Å². The van der Waals surface area contributed by atoms with Gasteiger partial charge in [0.25, 0.3) is 0 Å². The largest absolute Gasteiger partial charge is 0.335 e. The third-order valence-electron chi connectivity index (χ3n) is 3.71. The van der Waals surface area contributed by atoms with Gasteiger partial charge in [0.2, 0.25) is 0 Å². The normalized spacial score (nSPS) is 15.8. The highest BCUT2D eigenvalue weighted by molar-refractivity contribution is 5.89. The van der Waals surface area contributed by atoms with Crippen LogP contribution in [0, 0.1) is 0 Å². The van der Waals surface area contributed by atoms with Crippen molar-refractivity contribution in [2.24, 2.45) is 0 Å². The number of piperidine rings is 1. The van der Waals surface area contributed by atoms with Crippen LogP contribution in [0.4, 0.5) is 10.5 Å². The van der Waals surface area contributed by atoms with Crippen molar-refractivity contribution < 1.29 is 4.79 Å². The molecule has 0 atom stereocenters. The Morgan fingerprint density at radius 2 is 1.95 bits per heavy atom. The number of amides is 2. The van der Waals surface area contributed by atoms with Gasteiger partial charge >= 0.3 is 6.03 Å². The quantitative estimate of drug-likeness (QED) is 0.774. The molecule has 1 aliphatic rings. The molecular weight excluding hydrogens is 250 g/mol. The number of carbonyl (C=O) groups excluding carboxylic acids is 1. The van der Waals surface area contributed by atoms with Crippen LogP contribution in [0.15, 0.2) is 24.3 Å². The Balaban J connectivity index is 1.78. The van der Waals surface area contributed by atoms with E-state index in [-0.39, 0.29) is 6.03 Å². The third kappa shape index (κ3) is 4.85. The lowest BCUT2D eigenvalue weighted by Gasteiger charge is -2.23. The van der Waals surface area contributed by atoms with Crippen LogP contribution in [0.5, 0.6) is 0 Å². The minimum Gasteiger partial charge on any atom is -0.335 e. The third-order valence-corrected chi connectivity index (χ3v) is 3.71. The lowest BCUT2D eigenvalue weighted by atomic mass is 10.1. The first kappa shape index (κ1) is 14.9. The number of carbonyl (C=O) groups is 1. The van der Waals surface area contributed by atoms with Gasteiger partial charge in [0.05, 0.1) is 0 Å². The Kier molecular flexibility index (Phi) is 5.87. The van der Waals surface area contributed by atoms with E-state index in [1.54, 1.807) is 0 Å². The molecule has 0 bridgehead atoms. The van der Waals surface area contributed by atoms with Crippen molar-refractivity contribution in [2.75, 3.05) is 18.4 Å². The van der Waals surface area contributed by atoms with Crippen LogP contribution in [0.25, 0.3) is 0 Å². The number of aryl methyl sites for hydroxylation is 1. The van der Waals surface area contributed by atoms with Crippen molar-refractivity contribution in [3.05, 3.63) is 29.8 Å². The van der Waals surface area contributed by atoms with E-state index in [1.165, 1.54) is 18.4 Å². The van der Waals surface area contributed by atoms with Gasteiger partial charge in [-0.05, 0) is 56.5 Å². The second-order valence-electron chi connectivity index (χ2n) is 5.42. The zero-order valence-electron chi connectivity index (χ0n) is 12.2. The predicted molar refractivity (Wildman–Crippen MR) is 83.1 cm³/mol. The summed E-state index contributed by atoms with van der Waals surface area (Å²) in [7, 11) is 0. The van der Waals surface area contributed by atoms with Gasteiger partial charge in [-0.3, -0.25) is 0 Å². The molecule has 110 valence electrons. The summed E-state index contributed by atoms with van der Waals surface area (Å²) in [5, 5.41) is 9.22. The summed E-state index contributed by atoms with van der Waals surface area (Å²) < 4.78 is 0. The number of urea groups is 1. The van der Waals surface area contributed by atoms with Crippen LogP contribution < -0.4 is 16.0 Å². The molecule has 0 spiro atoms. The Morgan fingerprint density at radius 1 is 1.25 bits per heavy atom. The van der Waals surface area contributed by atoms with Crippen LogP contribution in [-0.4, -0.2) is 25.2 Å². The molecule has 0 aromatic heterocycles. The highest BCUT2D eigenvalue weighted by Gasteiger charge is 2.15. The Morgan fingerprint density at radius 3 is 2.60 bits per heavy atom. The van der Waals surface area contributed by atoms with Crippen LogP contribution in [0.1, 0.15) is 38.2 Å². The fourth-order valence-corrected chi connectivity index (χ4v) is 2.45. The topological polar surface area (TPSA) is 53.2 Å². The van der Waals surface area contributed by atoms with Crippen molar-refractivity contribution in [2.45, 2.75) is 45.1 Å². The Bertz CT molecular complexity index is 410. The summed E-state index contributed by atoms with van der Waals surface area (Å²) in [6.07, 6.45) is 5.53. The van der Waals surface area contributed by atoms with Gasteiger partial charge < -0.3 is 16.0 Å². The van der Waals surface area contributed by atoms with E-state index >= 15 is 0 Å². The van der Waals surface area contributed by atoms with Crippen molar-refractivity contribution in [3.8, 4) is 0 Å². The number of benzene rings is 1. The molecule has 1 heterocycles. The average molecular weight is 275 g/mol. The number of anilines is 1. The monoisotopic (exact) mass is 275 g/mol. The number of nitrogens with one attached hydrogen (secondary N) is 3. The van der Waals surface area contributed by atoms with Crippen molar-refractivity contribution in [3.63, 3.8) is 0 Å². The first-order valence-corrected chi connectivity index (χ1v) is 7.65. The minimum atomic E-state index is -0.0989. The van der Waals surface area contributed by atoms with Crippen molar-refractivity contribution in [1.29, 1.82) is 0 Å². The maximum Gasteiger partial charge on any atom is 0.319 e. The maximum atomic E-state index is 11.9. The van der Waals surface area contributed by atoms with Crippen molar-refractivity contribution in [1.82, 2.24) is 10.6 Å². The van der Waals surface area contributed by atoms with Gasteiger partial charge in [-0.25, -0.2) is 4.79 Å². The van der Waals surface area contributed by atoms with Crippen LogP contribution in [-0.2, 0) is 6.42 Å². The van der Waals surface area contributed by atoms with E-state index in [0.717, 1.165) is 38.0 Å². The van der Waals surface area contributed by atoms with Gasteiger partial charge in [-0.1, -0.05) is 25.5 Å². The van der Waals surface area contributed by atoms with E-state index in [2.05, 4.69) is 35.0 Å². The standard InChI is InChI=1S/C16H25N3O/c1-2-3-4-13-5-7-14(8-6-13)18-16(20)19-15-9-11-17-12-10-15/h5-8,15,17H,2-4,9-12H2,1H3,(H2,18,19,20). The molecule has 2 rings (SSSR count). The molecule has 0 saturated carbocycles. The van der Waals surface area contributed by atoms with Gasteiger partial charge in [0.1, 0.15) is 0 Å². The van der Waals surface area contributed by atoms with Crippen LogP contribution >= 0.6 is 0 Å². The lowest BCUT2D eigenvalue weighted by Crippen LogP contribution is -2.44. The van der Waals surface area contributed by atoms with E-state index in [1.807, 2.05) is 12.1 Å². The molecule has 1 saturated heterocycles. The first-order valence-electron chi connectivity index (χ1n) is 7.65. The van der Waals surface area contributed by atoms with Gasteiger partial charge in [-0.2, -0.15) is 0 Å². The lowest BCUT2D eigenvalue weighted by molar-refractivity contribution is 0.245. The second-order valence-corrected chi connectivity index (χ2v) is 5.42. The zero-order chi connectivity index (χ0) is 14.2. The zero-order valence-corrected chi connectivity index (χ0v) is 12.2. The van der Waals surface area contributed by atoms with E-state index in [9.17, 15) is 4.79 Å². The van der Waals surface area contributed by atoms with E-state index in [0.29, 0.717) is 6.04 Å². The molecule has 4 heteroatoms. The van der Waals surface area contributed by atoms with E-state index < -0.39 is 0 Å². The highest BCUT2D eigenvalue weighted by Crippen LogP contribution is 2.12. The van der Waals surface area contributed by atoms with Crippen molar-refractivity contribution >= 4 is 11.7 Å². The molecule has 0 aliphatic carbocycles. The fourth-order valence-electron chi connectivity index (χ4n) is 2.45. The molecule has 3 N–H and O–H groups in total. The number of hydrogen-bond donors (Lipinski definition) is 3. The molecule has 1 aromatic rings. The molecule has 1 aliphatic heterocycles. The average Bonchev–Trinajstić information content (AvgIpc) is 2.47. The fraction of sp³-hybridized carbons (Fsp3) is 0.562. The number of rotatable bonds is 5. The molecule has 4 nitrogen and oxygen atoms in total. The number of hydrogen-bond acceptors (Lipinski definition) is 2. The summed E-state index contributed by atoms with van der Waals surface area (Å²) >= 11 is 0. The molecule has 1 fully saturated rings. The number of unbranched alkanes of at least 4 members (excludes halogenated alkanes) is 1. The summed E-state index contributed by atoms with van der Waals surface area (Å²) in [4.78, 5) is 11.9. The molecule has 20 heavy (non-hydrogen) atoms. The Labute approximate surface area is 121 Å². The SMILES string of the molecule is CCCCc1ccc(NC(=O)NC2CCNCC2)cc1. The highest BCUT2D eigenvalue weighted by atomic mass is 16.2. The summed E-state index contributed by atoms with van der Waals surface area (Å²) in [5.74, 6) is 0. The molecular formula is C16H25N3O. The first-order chi connectivity index (χ1) is 9.78. The van der Waals surface area contributed by atoms with Gasteiger partial charge in [0, 0.05) is 11.7 Å². The molecule has 2 amide bonds. The van der Waals surface area contributed by atoms with Crippen LogP contribution in [0.2, 0.25) is 0 Å². The molecule has 0 radical (unpaired) electrons. The predicted octanol–water partition coefficient (Wildman–Crippen LogP) is 2.90. The maximum absolute atomic E-state index is 11.9. The second kappa shape index (κ2) is 7.90. The molecule has 1 aromatic carbocycles.